The minimum atomic E-state index is 0.612. The highest BCUT2D eigenvalue weighted by Crippen LogP contribution is 2.21. The topological polar surface area (TPSA) is 0 Å². The lowest BCUT2D eigenvalue weighted by molar-refractivity contribution is 1.30. The van der Waals surface area contributed by atoms with Crippen molar-refractivity contribution in [3.05, 3.63) is 33.3 Å². The van der Waals surface area contributed by atoms with Crippen LogP contribution in [0.25, 0.3) is 0 Å². The Morgan fingerprint density at radius 2 is 2.27 bits per heavy atom. The number of hydrogen-bond acceptors (Lipinski definition) is 0. The van der Waals surface area contributed by atoms with Crippen LogP contribution in [-0.4, -0.2) is 0 Å². The van der Waals surface area contributed by atoms with E-state index in [4.69, 9.17) is 18.0 Å². The molecule has 0 atom stereocenters. The quantitative estimate of drug-likeness (QED) is 0.648. The van der Waals surface area contributed by atoms with Crippen molar-refractivity contribution in [1.82, 2.24) is 0 Å². The van der Waals surface area contributed by atoms with E-state index in [1.54, 1.807) is 0 Å². The Morgan fingerprint density at radius 3 is 2.91 bits per heavy atom. The molecule has 0 aliphatic carbocycles. The maximum Gasteiger partial charge on any atom is 0.0409 e. The molecule has 11 heavy (non-hydrogen) atoms. The van der Waals surface area contributed by atoms with E-state index in [1.807, 2.05) is 18.2 Å². The third kappa shape index (κ3) is 2.25. The van der Waals surface area contributed by atoms with Gasteiger partial charge in [-0.1, -0.05) is 27.5 Å². The van der Waals surface area contributed by atoms with Gasteiger partial charge in [0.05, 0.1) is 0 Å². The number of benzene rings is 1. The fourth-order valence-electron chi connectivity index (χ4n) is 0.789. The number of halogens is 2. The van der Waals surface area contributed by atoms with Crippen molar-refractivity contribution in [3.8, 4) is 12.3 Å². The standard InChI is InChI=1S/C9H6BrCl/c1-2-3-7-6-8(11)4-5-9(7)10/h1,4-6H,3H2. The van der Waals surface area contributed by atoms with Gasteiger partial charge in [0, 0.05) is 15.9 Å². The van der Waals surface area contributed by atoms with E-state index in [9.17, 15) is 0 Å². The summed E-state index contributed by atoms with van der Waals surface area (Å²) in [5.74, 6) is 2.56. The van der Waals surface area contributed by atoms with Gasteiger partial charge in [0.2, 0.25) is 0 Å². The summed E-state index contributed by atoms with van der Waals surface area (Å²) in [5, 5.41) is 0.721. The molecule has 0 bridgehead atoms. The Balaban J connectivity index is 3.05. The molecule has 0 aliphatic heterocycles. The summed E-state index contributed by atoms with van der Waals surface area (Å²) in [6, 6.07) is 5.59. The Hall–Kier alpha value is -0.450. The van der Waals surface area contributed by atoms with E-state index in [-0.39, 0.29) is 0 Å². The zero-order chi connectivity index (χ0) is 8.27. The van der Waals surface area contributed by atoms with Crippen LogP contribution in [0.4, 0.5) is 0 Å². The summed E-state index contributed by atoms with van der Waals surface area (Å²) in [5.41, 5.74) is 1.06. The molecule has 0 aromatic heterocycles. The Kier molecular flexibility index (Phi) is 2.99. The van der Waals surface area contributed by atoms with Crippen LogP contribution in [-0.2, 0) is 6.42 Å². The van der Waals surface area contributed by atoms with Gasteiger partial charge < -0.3 is 0 Å². The number of rotatable bonds is 1. The molecule has 0 saturated carbocycles. The number of terminal acetylenes is 1. The average molecular weight is 230 g/mol. The lowest BCUT2D eigenvalue weighted by Gasteiger charge is -1.99. The normalized spacial score (nSPS) is 9.18. The van der Waals surface area contributed by atoms with Gasteiger partial charge in [-0.25, -0.2) is 0 Å². The van der Waals surface area contributed by atoms with Crippen LogP contribution in [0.1, 0.15) is 5.56 Å². The fourth-order valence-corrected chi connectivity index (χ4v) is 1.37. The molecule has 56 valence electrons. The molecule has 2 heteroatoms. The van der Waals surface area contributed by atoms with Crippen LogP contribution >= 0.6 is 27.5 Å². The van der Waals surface area contributed by atoms with Crippen LogP contribution in [0.3, 0.4) is 0 Å². The Bertz CT molecular complexity index is 299. The minimum absolute atomic E-state index is 0.612. The highest BCUT2D eigenvalue weighted by Gasteiger charge is 1.97. The summed E-state index contributed by atoms with van der Waals surface area (Å²) < 4.78 is 1.01. The zero-order valence-electron chi connectivity index (χ0n) is 5.77. The average Bonchev–Trinajstić information content (AvgIpc) is 1.98. The molecule has 0 N–H and O–H groups in total. The summed E-state index contributed by atoms with van der Waals surface area (Å²) in [7, 11) is 0. The van der Waals surface area contributed by atoms with E-state index in [1.165, 1.54) is 0 Å². The Morgan fingerprint density at radius 1 is 1.55 bits per heavy atom. The summed E-state index contributed by atoms with van der Waals surface area (Å²) >= 11 is 9.14. The monoisotopic (exact) mass is 228 g/mol. The van der Waals surface area contributed by atoms with Gasteiger partial charge in [0.25, 0.3) is 0 Å². The van der Waals surface area contributed by atoms with E-state index in [2.05, 4.69) is 21.9 Å². The summed E-state index contributed by atoms with van der Waals surface area (Å²) in [4.78, 5) is 0. The summed E-state index contributed by atoms with van der Waals surface area (Å²) in [6.45, 7) is 0. The molecule has 1 rings (SSSR count). The SMILES string of the molecule is C#CCc1cc(Cl)ccc1Br. The van der Waals surface area contributed by atoms with Crippen LogP contribution in [0, 0.1) is 12.3 Å². The molecule has 0 radical (unpaired) electrons. The molecule has 1 aromatic carbocycles. The van der Waals surface area contributed by atoms with Gasteiger partial charge in [0.15, 0.2) is 0 Å². The van der Waals surface area contributed by atoms with Crippen LogP contribution < -0.4 is 0 Å². The predicted octanol–water partition coefficient (Wildman–Crippen LogP) is 3.28. The second-order valence-corrected chi connectivity index (χ2v) is 3.41. The third-order valence-electron chi connectivity index (χ3n) is 1.30. The van der Waals surface area contributed by atoms with Crippen molar-refractivity contribution < 1.29 is 0 Å². The van der Waals surface area contributed by atoms with Gasteiger partial charge in [-0.2, -0.15) is 0 Å². The zero-order valence-corrected chi connectivity index (χ0v) is 8.11. The van der Waals surface area contributed by atoms with Gasteiger partial charge in [0.1, 0.15) is 0 Å². The molecule has 0 amide bonds. The smallest absolute Gasteiger partial charge is 0.0409 e. The first-order valence-electron chi connectivity index (χ1n) is 3.11. The molecule has 0 heterocycles. The minimum Gasteiger partial charge on any atom is -0.120 e. The highest BCUT2D eigenvalue weighted by molar-refractivity contribution is 9.10. The largest absolute Gasteiger partial charge is 0.120 e. The molecule has 0 spiro atoms. The summed E-state index contributed by atoms with van der Waals surface area (Å²) in [6.07, 6.45) is 5.78. The lowest BCUT2D eigenvalue weighted by atomic mass is 10.2. The van der Waals surface area contributed by atoms with E-state index >= 15 is 0 Å². The molecule has 0 saturated heterocycles. The van der Waals surface area contributed by atoms with Crippen LogP contribution in [0.15, 0.2) is 22.7 Å². The van der Waals surface area contributed by atoms with Gasteiger partial charge in [-0.15, -0.1) is 12.3 Å². The molecule has 1 aromatic rings. The molecule has 0 fully saturated rings. The van der Waals surface area contributed by atoms with E-state index in [0.29, 0.717) is 6.42 Å². The van der Waals surface area contributed by atoms with Crippen molar-refractivity contribution in [2.45, 2.75) is 6.42 Å². The van der Waals surface area contributed by atoms with Crippen molar-refractivity contribution in [3.63, 3.8) is 0 Å². The van der Waals surface area contributed by atoms with Crippen LogP contribution in [0.2, 0.25) is 5.02 Å². The maximum atomic E-state index is 5.76. The second-order valence-electron chi connectivity index (χ2n) is 2.12. The number of hydrogen-bond donors (Lipinski definition) is 0. The highest BCUT2D eigenvalue weighted by atomic mass is 79.9. The first kappa shape index (κ1) is 8.64. The lowest BCUT2D eigenvalue weighted by Crippen LogP contribution is -1.82. The van der Waals surface area contributed by atoms with Crippen LogP contribution in [0.5, 0.6) is 0 Å². The van der Waals surface area contributed by atoms with Crippen molar-refractivity contribution >= 4 is 27.5 Å². The van der Waals surface area contributed by atoms with Gasteiger partial charge >= 0.3 is 0 Å². The van der Waals surface area contributed by atoms with Crippen molar-refractivity contribution in [2.75, 3.05) is 0 Å². The van der Waals surface area contributed by atoms with Crippen molar-refractivity contribution in [1.29, 1.82) is 0 Å². The first-order chi connectivity index (χ1) is 5.24. The molecule has 0 aliphatic rings. The Labute approximate surface area is 79.7 Å². The van der Waals surface area contributed by atoms with E-state index in [0.717, 1.165) is 15.1 Å². The third-order valence-corrected chi connectivity index (χ3v) is 2.31. The van der Waals surface area contributed by atoms with Gasteiger partial charge in [-0.05, 0) is 23.8 Å². The molecule has 0 unspecified atom stereocenters. The molecular weight excluding hydrogens is 223 g/mol. The fraction of sp³-hybridized carbons (Fsp3) is 0.111. The maximum absolute atomic E-state index is 5.76. The first-order valence-corrected chi connectivity index (χ1v) is 4.28. The molecular formula is C9H6BrCl. The molecule has 0 nitrogen and oxygen atoms in total. The van der Waals surface area contributed by atoms with Crippen molar-refractivity contribution in [2.24, 2.45) is 0 Å². The van der Waals surface area contributed by atoms with E-state index < -0.39 is 0 Å². The van der Waals surface area contributed by atoms with Gasteiger partial charge in [-0.3, -0.25) is 0 Å². The predicted molar refractivity (Wildman–Crippen MR) is 51.7 cm³/mol. The second kappa shape index (κ2) is 3.80.